The maximum absolute atomic E-state index is 12.1. The highest BCUT2D eigenvalue weighted by Crippen LogP contribution is 2.25. The molecule has 4 nitrogen and oxygen atoms in total. The molecule has 2 fully saturated rings. The van der Waals surface area contributed by atoms with Crippen LogP contribution in [-0.4, -0.2) is 61.0 Å². The molecule has 0 aromatic rings. The molecule has 104 valence electrons. The SMILES string of the molecule is CCNC1CCN(C2CCN(C)C2=O)CC1CC. The van der Waals surface area contributed by atoms with E-state index in [1.54, 1.807) is 0 Å². The van der Waals surface area contributed by atoms with Crippen LogP contribution >= 0.6 is 0 Å². The van der Waals surface area contributed by atoms with Gasteiger partial charge in [0.2, 0.25) is 5.91 Å². The molecule has 1 N–H and O–H groups in total. The minimum Gasteiger partial charge on any atom is -0.344 e. The van der Waals surface area contributed by atoms with Gasteiger partial charge in [0.05, 0.1) is 6.04 Å². The van der Waals surface area contributed by atoms with E-state index in [2.05, 4.69) is 24.1 Å². The second kappa shape index (κ2) is 6.02. The third-order valence-electron chi connectivity index (χ3n) is 4.60. The zero-order valence-electron chi connectivity index (χ0n) is 12.0. The number of nitrogens with zero attached hydrogens (tertiary/aromatic N) is 2. The number of rotatable bonds is 4. The predicted octanol–water partition coefficient (Wildman–Crippen LogP) is 0.927. The van der Waals surface area contributed by atoms with Crippen LogP contribution in [0.5, 0.6) is 0 Å². The van der Waals surface area contributed by atoms with Crippen molar-refractivity contribution in [1.82, 2.24) is 15.1 Å². The molecule has 2 heterocycles. The number of carbonyl (C=O) groups is 1. The molecule has 3 atom stereocenters. The highest BCUT2D eigenvalue weighted by atomic mass is 16.2. The fourth-order valence-corrected chi connectivity index (χ4v) is 3.43. The first-order valence-electron chi connectivity index (χ1n) is 7.39. The van der Waals surface area contributed by atoms with Crippen molar-refractivity contribution < 1.29 is 4.79 Å². The summed E-state index contributed by atoms with van der Waals surface area (Å²) < 4.78 is 0. The summed E-state index contributed by atoms with van der Waals surface area (Å²) >= 11 is 0. The summed E-state index contributed by atoms with van der Waals surface area (Å²) in [6.07, 6.45) is 3.39. The van der Waals surface area contributed by atoms with Gasteiger partial charge >= 0.3 is 0 Å². The lowest BCUT2D eigenvalue weighted by Crippen LogP contribution is -2.53. The van der Waals surface area contributed by atoms with Gasteiger partial charge in [0.15, 0.2) is 0 Å². The number of amides is 1. The standard InChI is InChI=1S/C14H27N3O/c1-4-11-10-17(9-6-12(11)15-5-2)13-7-8-16(3)14(13)18/h11-13,15H,4-10H2,1-3H3. The number of likely N-dealkylation sites (N-methyl/N-ethyl adjacent to an activating group) is 1. The second-order valence-electron chi connectivity index (χ2n) is 5.68. The van der Waals surface area contributed by atoms with Gasteiger partial charge in [-0.3, -0.25) is 9.69 Å². The van der Waals surface area contributed by atoms with Crippen LogP contribution in [0.1, 0.15) is 33.1 Å². The molecule has 0 radical (unpaired) electrons. The molecule has 0 bridgehead atoms. The summed E-state index contributed by atoms with van der Waals surface area (Å²) in [5.74, 6) is 1.02. The molecular formula is C14H27N3O. The molecule has 0 spiro atoms. The summed E-state index contributed by atoms with van der Waals surface area (Å²) in [5, 5.41) is 3.59. The van der Waals surface area contributed by atoms with E-state index in [9.17, 15) is 4.79 Å². The van der Waals surface area contributed by atoms with Gasteiger partial charge in [-0.1, -0.05) is 20.3 Å². The summed E-state index contributed by atoms with van der Waals surface area (Å²) in [6.45, 7) is 8.56. The fraction of sp³-hybridized carbons (Fsp3) is 0.929. The largest absolute Gasteiger partial charge is 0.344 e. The molecule has 4 heteroatoms. The maximum Gasteiger partial charge on any atom is 0.239 e. The van der Waals surface area contributed by atoms with Crippen LogP contribution in [-0.2, 0) is 4.79 Å². The van der Waals surface area contributed by atoms with Crippen molar-refractivity contribution in [3.05, 3.63) is 0 Å². The van der Waals surface area contributed by atoms with Gasteiger partial charge in [-0.15, -0.1) is 0 Å². The van der Waals surface area contributed by atoms with Gasteiger partial charge in [0.25, 0.3) is 0 Å². The monoisotopic (exact) mass is 253 g/mol. The minimum absolute atomic E-state index is 0.159. The number of piperidine rings is 1. The first-order chi connectivity index (χ1) is 8.67. The first-order valence-corrected chi connectivity index (χ1v) is 7.39. The number of likely N-dealkylation sites (tertiary alicyclic amines) is 2. The molecule has 0 aliphatic carbocycles. The topological polar surface area (TPSA) is 35.6 Å². The molecule has 3 unspecified atom stereocenters. The molecule has 2 saturated heterocycles. The Morgan fingerprint density at radius 3 is 2.61 bits per heavy atom. The van der Waals surface area contributed by atoms with Crippen LogP contribution in [0.25, 0.3) is 0 Å². The van der Waals surface area contributed by atoms with Gasteiger partial charge in [0, 0.05) is 32.7 Å². The zero-order chi connectivity index (χ0) is 13.1. The van der Waals surface area contributed by atoms with Crippen molar-refractivity contribution in [3.8, 4) is 0 Å². The lowest BCUT2D eigenvalue weighted by Gasteiger charge is -2.40. The van der Waals surface area contributed by atoms with Crippen molar-refractivity contribution in [3.63, 3.8) is 0 Å². The van der Waals surface area contributed by atoms with Gasteiger partial charge in [-0.25, -0.2) is 0 Å². The zero-order valence-corrected chi connectivity index (χ0v) is 12.0. The van der Waals surface area contributed by atoms with Crippen LogP contribution in [0.2, 0.25) is 0 Å². The molecule has 2 aliphatic rings. The number of hydrogen-bond donors (Lipinski definition) is 1. The molecule has 0 saturated carbocycles. The summed E-state index contributed by atoms with van der Waals surface area (Å²) in [4.78, 5) is 16.4. The Morgan fingerprint density at radius 2 is 2.06 bits per heavy atom. The highest BCUT2D eigenvalue weighted by Gasteiger charge is 2.38. The molecule has 1 amide bonds. The van der Waals surface area contributed by atoms with E-state index in [1.807, 2.05) is 11.9 Å². The van der Waals surface area contributed by atoms with Crippen molar-refractivity contribution >= 4 is 5.91 Å². The van der Waals surface area contributed by atoms with Gasteiger partial charge in [-0.05, 0) is 25.3 Å². The van der Waals surface area contributed by atoms with Crippen LogP contribution < -0.4 is 5.32 Å². The van der Waals surface area contributed by atoms with E-state index >= 15 is 0 Å². The van der Waals surface area contributed by atoms with E-state index in [4.69, 9.17) is 0 Å². The maximum atomic E-state index is 12.1. The van der Waals surface area contributed by atoms with Crippen LogP contribution in [0.15, 0.2) is 0 Å². The van der Waals surface area contributed by atoms with Gasteiger partial charge < -0.3 is 10.2 Å². The summed E-state index contributed by atoms with van der Waals surface area (Å²) in [6, 6.07) is 0.803. The number of carbonyl (C=O) groups excluding carboxylic acids is 1. The lowest BCUT2D eigenvalue weighted by atomic mass is 9.89. The molecule has 18 heavy (non-hydrogen) atoms. The Labute approximate surface area is 111 Å². The Morgan fingerprint density at radius 1 is 1.28 bits per heavy atom. The Balaban J connectivity index is 1.95. The summed E-state index contributed by atoms with van der Waals surface area (Å²) in [7, 11) is 1.92. The normalized spacial score (nSPS) is 34.3. The van der Waals surface area contributed by atoms with E-state index in [1.165, 1.54) is 12.8 Å². The smallest absolute Gasteiger partial charge is 0.239 e. The van der Waals surface area contributed by atoms with E-state index < -0.39 is 0 Å². The molecular weight excluding hydrogens is 226 g/mol. The van der Waals surface area contributed by atoms with Crippen molar-refractivity contribution in [2.45, 2.75) is 45.2 Å². The number of nitrogens with one attached hydrogen (secondary N) is 1. The van der Waals surface area contributed by atoms with Gasteiger partial charge in [0.1, 0.15) is 0 Å². The van der Waals surface area contributed by atoms with Crippen LogP contribution in [0.4, 0.5) is 0 Å². The summed E-state index contributed by atoms with van der Waals surface area (Å²) in [5.41, 5.74) is 0. The third kappa shape index (κ3) is 2.69. The second-order valence-corrected chi connectivity index (χ2v) is 5.68. The minimum atomic E-state index is 0.159. The average Bonchev–Trinajstić information content (AvgIpc) is 2.71. The van der Waals surface area contributed by atoms with Gasteiger partial charge in [-0.2, -0.15) is 0 Å². The average molecular weight is 253 g/mol. The molecule has 0 aromatic carbocycles. The number of hydrogen-bond acceptors (Lipinski definition) is 3. The quantitative estimate of drug-likeness (QED) is 0.809. The Kier molecular flexibility index (Phi) is 4.62. The highest BCUT2D eigenvalue weighted by molar-refractivity contribution is 5.83. The lowest BCUT2D eigenvalue weighted by molar-refractivity contribution is -0.131. The van der Waals surface area contributed by atoms with E-state index in [0.29, 0.717) is 17.9 Å². The van der Waals surface area contributed by atoms with Crippen LogP contribution in [0.3, 0.4) is 0 Å². The fourth-order valence-electron chi connectivity index (χ4n) is 3.43. The van der Waals surface area contributed by atoms with E-state index in [0.717, 1.165) is 32.6 Å². The third-order valence-corrected chi connectivity index (χ3v) is 4.60. The Bertz CT molecular complexity index is 295. The molecule has 2 rings (SSSR count). The molecule has 0 aromatic heterocycles. The van der Waals surface area contributed by atoms with Crippen molar-refractivity contribution in [2.75, 3.05) is 33.2 Å². The van der Waals surface area contributed by atoms with Crippen molar-refractivity contribution in [2.24, 2.45) is 5.92 Å². The first kappa shape index (κ1) is 13.8. The molecule has 2 aliphatic heterocycles. The predicted molar refractivity (Wildman–Crippen MR) is 73.5 cm³/mol. The van der Waals surface area contributed by atoms with E-state index in [-0.39, 0.29) is 6.04 Å². The van der Waals surface area contributed by atoms with Crippen LogP contribution in [0, 0.1) is 5.92 Å². The Hall–Kier alpha value is -0.610. The van der Waals surface area contributed by atoms with Crippen molar-refractivity contribution in [1.29, 1.82) is 0 Å².